The normalized spacial score (nSPS) is 10.0. The lowest BCUT2D eigenvalue weighted by molar-refractivity contribution is -0.683. The Bertz CT molecular complexity index is 729. The molecular weight excluding hydrogens is 308 g/mol. The summed E-state index contributed by atoms with van der Waals surface area (Å²) in [5, 5.41) is 2.65. The molecule has 6 heteroatoms. The van der Waals surface area contributed by atoms with Crippen molar-refractivity contribution in [2.24, 2.45) is 0 Å². The number of carbonyl (C=O) groups is 3. The van der Waals surface area contributed by atoms with E-state index in [2.05, 4.69) is 5.32 Å². The Kier molecular flexibility index (Phi) is 6.19. The van der Waals surface area contributed by atoms with Crippen molar-refractivity contribution in [3.8, 4) is 0 Å². The molecule has 0 fully saturated rings. The molecule has 0 spiro atoms. The number of aromatic nitrogens is 1. The van der Waals surface area contributed by atoms with E-state index < -0.39 is 0 Å². The summed E-state index contributed by atoms with van der Waals surface area (Å²) in [6.07, 6.45) is 3.35. The van der Waals surface area contributed by atoms with Gasteiger partial charge in [0.15, 0.2) is 12.4 Å². The summed E-state index contributed by atoms with van der Waals surface area (Å²) in [6.45, 7) is 1.82. The smallest absolute Gasteiger partial charge is 0.302 e. The average molecular weight is 327 g/mol. The molecular formula is C18H19N2O4+. The van der Waals surface area contributed by atoms with Gasteiger partial charge in [0.25, 0.3) is 5.91 Å². The molecule has 124 valence electrons. The van der Waals surface area contributed by atoms with Crippen molar-refractivity contribution in [3.63, 3.8) is 0 Å². The Labute approximate surface area is 140 Å². The van der Waals surface area contributed by atoms with Crippen LogP contribution in [0.2, 0.25) is 0 Å². The van der Waals surface area contributed by atoms with E-state index >= 15 is 0 Å². The maximum absolute atomic E-state index is 12.2. The Morgan fingerprint density at radius 2 is 1.75 bits per heavy atom. The summed E-state index contributed by atoms with van der Waals surface area (Å²) in [5.74, 6) is -0.710. The summed E-state index contributed by atoms with van der Waals surface area (Å²) in [6, 6.07) is 12.4. The highest BCUT2D eigenvalue weighted by Gasteiger charge is 2.14. The zero-order valence-electron chi connectivity index (χ0n) is 13.4. The van der Waals surface area contributed by atoms with E-state index in [0.717, 1.165) is 0 Å². The summed E-state index contributed by atoms with van der Waals surface area (Å²) < 4.78 is 6.41. The summed E-state index contributed by atoms with van der Waals surface area (Å²) in [4.78, 5) is 34.9. The van der Waals surface area contributed by atoms with Crippen LogP contribution in [0.5, 0.6) is 0 Å². The van der Waals surface area contributed by atoms with Gasteiger partial charge in [0, 0.05) is 18.6 Å². The predicted octanol–water partition coefficient (Wildman–Crippen LogP) is 1.15. The number of ether oxygens (including phenoxy) is 1. The van der Waals surface area contributed by atoms with Crippen molar-refractivity contribution < 1.29 is 23.7 Å². The first kappa shape index (κ1) is 17.3. The predicted molar refractivity (Wildman–Crippen MR) is 86.4 cm³/mol. The Morgan fingerprint density at radius 1 is 1.04 bits per heavy atom. The molecule has 1 aromatic carbocycles. The highest BCUT2D eigenvalue weighted by Crippen LogP contribution is 2.00. The number of rotatable bonds is 7. The van der Waals surface area contributed by atoms with E-state index in [0.29, 0.717) is 11.1 Å². The molecule has 1 aromatic heterocycles. The SMILES string of the molecule is CC(=O)OCCNC(=O)c1ccc[n+](CC(=O)c2ccccc2)c1. The molecule has 1 heterocycles. The van der Waals surface area contributed by atoms with Crippen molar-refractivity contribution in [2.45, 2.75) is 13.5 Å². The number of pyridine rings is 1. The molecule has 0 aliphatic carbocycles. The van der Waals surface area contributed by atoms with Crippen LogP contribution in [-0.4, -0.2) is 30.8 Å². The van der Waals surface area contributed by atoms with Crippen molar-refractivity contribution in [2.75, 3.05) is 13.2 Å². The van der Waals surface area contributed by atoms with Gasteiger partial charge in [0.05, 0.1) is 6.54 Å². The quantitative estimate of drug-likeness (QED) is 0.358. The molecule has 0 aliphatic rings. The number of ketones is 1. The van der Waals surface area contributed by atoms with Gasteiger partial charge < -0.3 is 10.1 Å². The number of amides is 1. The second-order valence-corrected chi connectivity index (χ2v) is 5.15. The number of nitrogens with zero attached hydrogens (tertiary/aromatic N) is 1. The molecule has 0 saturated heterocycles. The number of hydrogen-bond donors (Lipinski definition) is 1. The second-order valence-electron chi connectivity index (χ2n) is 5.15. The number of nitrogens with one attached hydrogen (secondary N) is 1. The number of benzene rings is 1. The zero-order chi connectivity index (χ0) is 17.4. The first-order chi connectivity index (χ1) is 11.6. The number of hydrogen-bond acceptors (Lipinski definition) is 4. The fourth-order valence-electron chi connectivity index (χ4n) is 2.10. The Balaban J connectivity index is 1.94. The maximum Gasteiger partial charge on any atom is 0.302 e. The van der Waals surface area contributed by atoms with Crippen molar-refractivity contribution in [3.05, 3.63) is 66.0 Å². The molecule has 0 atom stereocenters. The topological polar surface area (TPSA) is 76.3 Å². The maximum atomic E-state index is 12.2. The van der Waals surface area contributed by atoms with E-state index in [1.165, 1.54) is 6.92 Å². The summed E-state index contributed by atoms with van der Waals surface area (Å²) >= 11 is 0. The van der Waals surface area contributed by atoms with E-state index in [1.54, 1.807) is 41.2 Å². The van der Waals surface area contributed by atoms with Gasteiger partial charge in [0.2, 0.25) is 12.3 Å². The van der Waals surface area contributed by atoms with Crippen LogP contribution in [0.1, 0.15) is 27.6 Å². The van der Waals surface area contributed by atoms with Crippen molar-refractivity contribution >= 4 is 17.7 Å². The minimum atomic E-state index is -0.388. The third kappa shape index (κ3) is 5.31. The fourth-order valence-corrected chi connectivity index (χ4v) is 2.10. The fraction of sp³-hybridized carbons (Fsp3) is 0.222. The minimum absolute atomic E-state index is 0.0342. The van der Waals surface area contributed by atoms with Crippen LogP contribution < -0.4 is 9.88 Å². The van der Waals surface area contributed by atoms with E-state index in [9.17, 15) is 14.4 Å². The van der Waals surface area contributed by atoms with Gasteiger partial charge in [-0.1, -0.05) is 30.3 Å². The van der Waals surface area contributed by atoms with E-state index in [-0.39, 0.29) is 37.4 Å². The van der Waals surface area contributed by atoms with Gasteiger partial charge in [0.1, 0.15) is 12.2 Å². The highest BCUT2D eigenvalue weighted by atomic mass is 16.5. The van der Waals surface area contributed by atoms with Gasteiger partial charge in [-0.3, -0.25) is 14.4 Å². The molecule has 6 nitrogen and oxygen atoms in total. The second kappa shape index (κ2) is 8.57. The minimum Gasteiger partial charge on any atom is -0.464 e. The van der Waals surface area contributed by atoms with Gasteiger partial charge in [-0.2, -0.15) is 4.57 Å². The highest BCUT2D eigenvalue weighted by molar-refractivity contribution is 5.95. The van der Waals surface area contributed by atoms with Crippen LogP contribution in [0.25, 0.3) is 0 Å². The van der Waals surface area contributed by atoms with Gasteiger partial charge in [-0.25, -0.2) is 0 Å². The van der Waals surface area contributed by atoms with Crippen LogP contribution >= 0.6 is 0 Å². The molecule has 2 rings (SSSR count). The third-order valence-corrected chi connectivity index (χ3v) is 3.24. The Morgan fingerprint density at radius 3 is 2.46 bits per heavy atom. The number of carbonyl (C=O) groups excluding carboxylic acids is 3. The van der Waals surface area contributed by atoms with E-state index in [1.807, 2.05) is 18.2 Å². The first-order valence-corrected chi connectivity index (χ1v) is 7.55. The lowest BCUT2D eigenvalue weighted by atomic mass is 10.1. The lowest BCUT2D eigenvalue weighted by Gasteiger charge is -2.05. The molecule has 1 N–H and O–H groups in total. The standard InChI is InChI=1S/C18H18N2O4/c1-14(21)24-11-9-19-18(23)16-8-5-10-20(12-16)13-17(22)15-6-3-2-4-7-15/h2-8,10,12H,9,11,13H2,1H3/p+1. The van der Waals surface area contributed by atoms with Crippen LogP contribution in [0.15, 0.2) is 54.9 Å². The van der Waals surface area contributed by atoms with Gasteiger partial charge in [-0.05, 0) is 6.07 Å². The van der Waals surface area contributed by atoms with Crippen molar-refractivity contribution in [1.29, 1.82) is 0 Å². The van der Waals surface area contributed by atoms with Crippen LogP contribution in [-0.2, 0) is 16.1 Å². The monoisotopic (exact) mass is 327 g/mol. The molecule has 1 amide bonds. The number of Topliss-reactive ketones (excluding diaryl/α,β-unsaturated/α-hetero) is 1. The van der Waals surface area contributed by atoms with Crippen molar-refractivity contribution in [1.82, 2.24) is 5.32 Å². The molecule has 0 aliphatic heterocycles. The molecule has 0 radical (unpaired) electrons. The van der Waals surface area contributed by atoms with E-state index in [4.69, 9.17) is 4.74 Å². The summed E-state index contributed by atoms with van der Waals surface area (Å²) in [7, 11) is 0. The number of esters is 1. The van der Waals surface area contributed by atoms with Crippen LogP contribution in [0.3, 0.4) is 0 Å². The molecule has 0 unspecified atom stereocenters. The summed E-state index contributed by atoms with van der Waals surface area (Å²) in [5.41, 5.74) is 1.06. The van der Waals surface area contributed by atoms with Gasteiger partial charge >= 0.3 is 5.97 Å². The average Bonchev–Trinajstić information content (AvgIpc) is 2.59. The van der Waals surface area contributed by atoms with Crippen LogP contribution in [0.4, 0.5) is 0 Å². The zero-order valence-corrected chi connectivity index (χ0v) is 13.4. The van der Waals surface area contributed by atoms with Crippen LogP contribution in [0, 0.1) is 0 Å². The lowest BCUT2D eigenvalue weighted by Crippen LogP contribution is -2.39. The largest absolute Gasteiger partial charge is 0.464 e. The molecule has 24 heavy (non-hydrogen) atoms. The Hall–Kier alpha value is -3.02. The molecule has 2 aromatic rings. The first-order valence-electron chi connectivity index (χ1n) is 7.55. The molecule has 0 saturated carbocycles. The van der Waals surface area contributed by atoms with Gasteiger partial charge in [-0.15, -0.1) is 0 Å². The third-order valence-electron chi connectivity index (χ3n) is 3.24. The molecule has 0 bridgehead atoms.